The number of nitrogens with one attached hydrogen (secondary N) is 3. The molecule has 6 rings (SSSR count). The second-order valence-corrected chi connectivity index (χ2v) is 17.2. The van der Waals surface area contributed by atoms with Crippen LogP contribution in [0, 0.1) is 17.8 Å². The van der Waals surface area contributed by atoms with Crippen LogP contribution in [0.2, 0.25) is 0 Å². The maximum absolute atomic E-state index is 14.5. The minimum absolute atomic E-state index is 0.0162. The van der Waals surface area contributed by atoms with E-state index in [1.807, 2.05) is 50.3 Å². The van der Waals surface area contributed by atoms with Crippen LogP contribution in [-0.2, 0) is 24.4 Å². The Hall–Kier alpha value is -4.40. The maximum Gasteiger partial charge on any atom is 0.405 e. The molecular formula is C37H49N5O9S. The molecule has 1 aromatic carbocycles. The molecule has 0 spiro atoms. The summed E-state index contributed by atoms with van der Waals surface area (Å²) in [4.78, 5) is 60.6. The number of fused-ring (bicyclic) bond motifs is 3. The Morgan fingerprint density at radius 3 is 2.54 bits per heavy atom. The molecule has 2 saturated carbocycles. The number of rotatable bonds is 9. The number of pyridine rings is 1. The van der Waals surface area contributed by atoms with Crippen molar-refractivity contribution in [1.29, 1.82) is 0 Å². The Morgan fingerprint density at radius 2 is 1.87 bits per heavy atom. The lowest BCUT2D eigenvalue weighted by Crippen LogP contribution is -2.59. The number of allylic oxidation sites excluding steroid dienone is 1. The quantitative estimate of drug-likeness (QED) is 0.274. The van der Waals surface area contributed by atoms with Crippen molar-refractivity contribution in [3.05, 3.63) is 42.6 Å². The van der Waals surface area contributed by atoms with Gasteiger partial charge in [0.25, 0.3) is 5.91 Å². The Morgan fingerprint density at radius 1 is 1.13 bits per heavy atom. The van der Waals surface area contributed by atoms with E-state index in [1.54, 1.807) is 13.1 Å². The number of carbonyl (C=O) groups is 4. The molecule has 4 amide bonds. The van der Waals surface area contributed by atoms with Crippen molar-refractivity contribution in [2.24, 2.45) is 17.8 Å². The van der Waals surface area contributed by atoms with Crippen LogP contribution in [0.15, 0.2) is 42.6 Å². The first-order valence-electron chi connectivity index (χ1n) is 18.2. The van der Waals surface area contributed by atoms with Crippen LogP contribution in [0.5, 0.6) is 11.6 Å². The minimum atomic E-state index is -4.00. The van der Waals surface area contributed by atoms with Gasteiger partial charge in [0.05, 0.1) is 24.1 Å². The number of hydrogen-bond donors (Lipinski definition) is 4. The van der Waals surface area contributed by atoms with E-state index in [4.69, 9.17) is 9.47 Å². The molecule has 2 aliphatic carbocycles. The molecule has 0 bridgehead atoms. The van der Waals surface area contributed by atoms with Gasteiger partial charge in [-0.05, 0) is 70.3 Å². The molecular weight excluding hydrogens is 691 g/mol. The normalized spacial score (nSPS) is 30.8. The van der Waals surface area contributed by atoms with Gasteiger partial charge in [0.1, 0.15) is 29.5 Å². The summed E-state index contributed by atoms with van der Waals surface area (Å²) in [6.07, 6.45) is 6.83. The predicted molar refractivity (Wildman–Crippen MR) is 192 cm³/mol. The van der Waals surface area contributed by atoms with Gasteiger partial charge >= 0.3 is 6.09 Å². The number of carboxylic acid groups (broad SMARTS) is 1. The smallest absolute Gasteiger partial charge is 0.405 e. The Kier molecular flexibility index (Phi) is 10.5. The second kappa shape index (κ2) is 14.6. The second-order valence-electron chi connectivity index (χ2n) is 15.0. The summed E-state index contributed by atoms with van der Waals surface area (Å²) in [5, 5.41) is 16.6. The highest BCUT2D eigenvalue weighted by molar-refractivity contribution is 7.91. The highest BCUT2D eigenvalue weighted by Gasteiger charge is 2.63. The van der Waals surface area contributed by atoms with Crippen LogP contribution in [0.4, 0.5) is 4.79 Å². The van der Waals surface area contributed by atoms with E-state index >= 15 is 0 Å². The zero-order valence-corrected chi connectivity index (χ0v) is 30.9. The molecule has 14 nitrogen and oxygen atoms in total. The van der Waals surface area contributed by atoms with Gasteiger partial charge in [-0.3, -0.25) is 19.1 Å². The van der Waals surface area contributed by atoms with Crippen LogP contribution < -0.4 is 24.8 Å². The summed E-state index contributed by atoms with van der Waals surface area (Å²) in [6.45, 7) is 7.79. The van der Waals surface area contributed by atoms with Gasteiger partial charge in [0, 0.05) is 23.1 Å². The van der Waals surface area contributed by atoms with E-state index in [0.29, 0.717) is 49.8 Å². The van der Waals surface area contributed by atoms with E-state index in [9.17, 15) is 32.7 Å². The highest BCUT2D eigenvalue weighted by Crippen LogP contribution is 2.47. The topological polar surface area (TPSA) is 193 Å². The summed E-state index contributed by atoms with van der Waals surface area (Å²) in [5.41, 5.74) is -1.54. The molecule has 4 N–H and O–H groups in total. The molecule has 1 saturated heterocycles. The van der Waals surface area contributed by atoms with Gasteiger partial charge in [-0.25, -0.2) is 18.2 Å². The number of carbonyl (C=O) groups excluding carboxylic acids is 3. The summed E-state index contributed by atoms with van der Waals surface area (Å²) in [5.74, 6) is -1.86. The largest absolute Gasteiger partial charge is 0.492 e. The van der Waals surface area contributed by atoms with Crippen LogP contribution in [0.1, 0.15) is 79.1 Å². The van der Waals surface area contributed by atoms with Crippen molar-refractivity contribution in [2.75, 3.05) is 13.2 Å². The fourth-order valence-corrected chi connectivity index (χ4v) is 8.92. The van der Waals surface area contributed by atoms with Gasteiger partial charge in [0.15, 0.2) is 0 Å². The Bertz CT molecular complexity index is 1860. The lowest BCUT2D eigenvalue weighted by Gasteiger charge is -2.33. The summed E-state index contributed by atoms with van der Waals surface area (Å²) in [6, 6.07) is 5.13. The Labute approximate surface area is 304 Å². The molecule has 2 aliphatic heterocycles. The molecule has 7 atom stereocenters. The summed E-state index contributed by atoms with van der Waals surface area (Å²) in [7, 11) is -4.00. The fraction of sp³-hybridized carbons (Fsp3) is 0.595. The summed E-state index contributed by atoms with van der Waals surface area (Å²) >= 11 is 0. The number of nitrogens with zero attached hydrogens (tertiary/aromatic N) is 2. The van der Waals surface area contributed by atoms with Crippen LogP contribution in [0.3, 0.4) is 0 Å². The van der Waals surface area contributed by atoms with E-state index in [2.05, 4.69) is 27.3 Å². The van der Waals surface area contributed by atoms with Gasteiger partial charge in [0.2, 0.25) is 27.7 Å². The van der Waals surface area contributed by atoms with E-state index in [-0.39, 0.29) is 37.1 Å². The third kappa shape index (κ3) is 7.42. The fourth-order valence-electron chi connectivity index (χ4n) is 7.61. The van der Waals surface area contributed by atoms with Crippen LogP contribution in [0.25, 0.3) is 10.8 Å². The average molecular weight is 740 g/mol. The average Bonchev–Trinajstić information content (AvgIpc) is 3.98. The van der Waals surface area contributed by atoms with Crippen molar-refractivity contribution in [2.45, 2.75) is 108 Å². The van der Waals surface area contributed by atoms with Gasteiger partial charge < -0.3 is 30.1 Å². The third-order valence-corrected chi connectivity index (χ3v) is 13.3. The molecule has 282 valence electrons. The number of aromatic nitrogens is 1. The summed E-state index contributed by atoms with van der Waals surface area (Å²) < 4.78 is 39.6. The van der Waals surface area contributed by atoms with Crippen molar-refractivity contribution >= 4 is 44.6 Å². The number of benzene rings is 1. The van der Waals surface area contributed by atoms with Crippen molar-refractivity contribution in [3.63, 3.8) is 0 Å². The lowest BCUT2D eigenvalue weighted by atomic mass is 9.85. The van der Waals surface area contributed by atoms with Gasteiger partial charge in [-0.15, -0.1) is 0 Å². The molecule has 1 aromatic heterocycles. The van der Waals surface area contributed by atoms with E-state index in [1.165, 1.54) is 4.90 Å². The zero-order chi connectivity index (χ0) is 37.4. The standard InChI is InChI=1S/C37H49N5O9S/c1-5-23-17-22(3)11-7-8-12-24-19-37(24,34(45)41-52(48,49)36(4)15-16-36)40-31(43)28-18-25(21-42(28)33(44)30(23)39-35(46)47)51-32-27-14-10-9-13-26(27)29(20-38-32)50-6-2/h8-10,12-14,20,22-25,28,30,39H,5-7,11,15-19,21H2,1-4H3,(H,40,43)(H,41,45)(H,46,47)/b12-8-/t22-,23-,24-,25-,28+,30+,37-/m1/s1. The van der Waals surface area contributed by atoms with Crippen LogP contribution >= 0.6 is 0 Å². The molecule has 0 radical (unpaired) electrons. The number of hydrogen-bond acceptors (Lipinski definition) is 9. The first kappa shape index (κ1) is 37.4. The van der Waals surface area contributed by atoms with Crippen molar-refractivity contribution in [3.8, 4) is 11.6 Å². The Balaban J connectivity index is 1.35. The molecule has 2 aromatic rings. The molecule has 0 unspecified atom stereocenters. The molecule has 3 fully saturated rings. The van der Waals surface area contributed by atoms with E-state index in [0.717, 1.165) is 11.8 Å². The minimum Gasteiger partial charge on any atom is -0.492 e. The van der Waals surface area contributed by atoms with Gasteiger partial charge in [-0.2, -0.15) is 0 Å². The molecule has 4 aliphatic rings. The third-order valence-electron chi connectivity index (χ3n) is 11.2. The van der Waals surface area contributed by atoms with E-state index < -0.39 is 68.2 Å². The number of sulfonamides is 1. The number of ether oxygens (including phenoxy) is 2. The lowest BCUT2D eigenvalue weighted by molar-refractivity contribution is -0.142. The van der Waals surface area contributed by atoms with Crippen molar-refractivity contribution < 1.29 is 42.2 Å². The predicted octanol–water partition coefficient (Wildman–Crippen LogP) is 3.89. The molecule has 15 heteroatoms. The first-order valence-corrected chi connectivity index (χ1v) is 19.7. The number of amides is 4. The molecule has 52 heavy (non-hydrogen) atoms. The van der Waals surface area contributed by atoms with Gasteiger partial charge in [-0.1, -0.05) is 50.6 Å². The highest BCUT2D eigenvalue weighted by atomic mass is 32.2. The maximum atomic E-state index is 14.5. The monoisotopic (exact) mass is 739 g/mol. The molecule has 3 heterocycles. The van der Waals surface area contributed by atoms with Crippen molar-refractivity contribution in [1.82, 2.24) is 25.2 Å². The van der Waals surface area contributed by atoms with Crippen LogP contribution in [-0.4, -0.2) is 88.8 Å². The SMILES string of the molecule is CCOc1cnc(O[C@@H]2C[C@H]3C(=O)N[C@]4(C(=O)NS(=O)(=O)C5(C)CC5)C[C@H]4/C=C\CC[C@@H](C)C[C@@H](CC)[C@H](NC(=O)O)C(=O)N3C2)c2ccccc12. The first-order chi connectivity index (χ1) is 24.7. The zero-order valence-electron chi connectivity index (χ0n) is 30.1.